The van der Waals surface area contributed by atoms with Crippen LogP contribution < -0.4 is 16.4 Å². The summed E-state index contributed by atoms with van der Waals surface area (Å²) in [6.45, 7) is 2.38. The summed E-state index contributed by atoms with van der Waals surface area (Å²) in [7, 11) is 0. The number of rotatable bonds is 2. The van der Waals surface area contributed by atoms with E-state index in [1.165, 1.54) is 0 Å². The Labute approximate surface area is 116 Å². The fourth-order valence-corrected chi connectivity index (χ4v) is 1.90. The van der Waals surface area contributed by atoms with Crippen molar-refractivity contribution in [1.29, 1.82) is 0 Å². The van der Waals surface area contributed by atoms with E-state index in [9.17, 15) is 4.79 Å². The number of nitrogens with two attached hydrogens (primary N) is 1. The number of nitrogens with one attached hydrogen (secondary N) is 2. The van der Waals surface area contributed by atoms with E-state index in [0.29, 0.717) is 32.0 Å². The van der Waals surface area contributed by atoms with Crippen molar-refractivity contribution < 1.29 is 9.53 Å². The molecule has 0 atom stereocenters. The van der Waals surface area contributed by atoms with Crippen LogP contribution in [0.3, 0.4) is 0 Å². The van der Waals surface area contributed by atoms with Crippen LogP contribution in [0, 0.1) is 0 Å². The van der Waals surface area contributed by atoms with E-state index in [1.54, 1.807) is 11.0 Å². The first-order chi connectivity index (χ1) is 9.15. The van der Waals surface area contributed by atoms with Crippen molar-refractivity contribution in [3.63, 3.8) is 0 Å². The molecule has 1 aromatic rings. The molecule has 1 aliphatic rings. The van der Waals surface area contributed by atoms with Gasteiger partial charge in [-0.3, -0.25) is 0 Å². The maximum Gasteiger partial charge on any atom is 0.322 e. The summed E-state index contributed by atoms with van der Waals surface area (Å²) in [4.78, 5) is 13.7. The molecule has 1 fully saturated rings. The van der Waals surface area contributed by atoms with Crippen molar-refractivity contribution in [3.8, 4) is 0 Å². The highest BCUT2D eigenvalue weighted by molar-refractivity contribution is 7.80. The molecule has 7 heteroatoms. The van der Waals surface area contributed by atoms with Gasteiger partial charge in [-0.2, -0.15) is 0 Å². The van der Waals surface area contributed by atoms with Gasteiger partial charge in [0.2, 0.25) is 0 Å². The number of carbonyl (C=O) groups excluding carboxylic acids is 1. The van der Waals surface area contributed by atoms with Crippen LogP contribution in [0.5, 0.6) is 0 Å². The molecule has 6 nitrogen and oxygen atoms in total. The van der Waals surface area contributed by atoms with Gasteiger partial charge < -0.3 is 26.0 Å². The summed E-state index contributed by atoms with van der Waals surface area (Å²) in [5, 5.41) is 5.85. The number of carbonyl (C=O) groups is 1. The SMILES string of the molecule is NC(=S)Nc1cccc(NC(=O)N2CCOCC2)c1. The number of morpholine rings is 1. The minimum Gasteiger partial charge on any atom is -0.378 e. The van der Waals surface area contributed by atoms with Crippen LogP contribution in [0.1, 0.15) is 0 Å². The van der Waals surface area contributed by atoms with Gasteiger partial charge in [0.1, 0.15) is 0 Å². The first-order valence-corrected chi connectivity index (χ1v) is 6.36. The average molecular weight is 280 g/mol. The lowest BCUT2D eigenvalue weighted by Crippen LogP contribution is -2.43. The number of hydrogen-bond acceptors (Lipinski definition) is 3. The van der Waals surface area contributed by atoms with Gasteiger partial charge in [-0.25, -0.2) is 4.79 Å². The topological polar surface area (TPSA) is 79.6 Å². The molecule has 4 N–H and O–H groups in total. The Morgan fingerprint density at radius 2 is 1.89 bits per heavy atom. The lowest BCUT2D eigenvalue weighted by molar-refractivity contribution is 0.0564. The van der Waals surface area contributed by atoms with Gasteiger partial charge in [0.15, 0.2) is 5.11 Å². The average Bonchev–Trinajstić information content (AvgIpc) is 2.39. The predicted molar refractivity (Wildman–Crippen MR) is 78.3 cm³/mol. The lowest BCUT2D eigenvalue weighted by Gasteiger charge is -2.27. The molecule has 1 saturated heterocycles. The number of ether oxygens (including phenoxy) is 1. The Morgan fingerprint density at radius 3 is 2.53 bits per heavy atom. The Hall–Kier alpha value is -1.86. The smallest absolute Gasteiger partial charge is 0.322 e. The van der Waals surface area contributed by atoms with E-state index in [4.69, 9.17) is 22.7 Å². The van der Waals surface area contributed by atoms with Crippen LogP contribution in [0.4, 0.5) is 16.2 Å². The number of benzene rings is 1. The molecule has 2 amide bonds. The van der Waals surface area contributed by atoms with Gasteiger partial charge in [0.05, 0.1) is 13.2 Å². The molecular weight excluding hydrogens is 264 g/mol. The third kappa shape index (κ3) is 4.08. The first-order valence-electron chi connectivity index (χ1n) is 5.95. The summed E-state index contributed by atoms with van der Waals surface area (Å²) in [6.07, 6.45) is 0. The molecule has 0 bridgehead atoms. The molecule has 19 heavy (non-hydrogen) atoms. The number of nitrogens with zero attached hydrogens (tertiary/aromatic N) is 1. The normalized spacial score (nSPS) is 14.8. The fourth-order valence-electron chi connectivity index (χ4n) is 1.79. The zero-order valence-electron chi connectivity index (χ0n) is 10.4. The summed E-state index contributed by atoms with van der Waals surface area (Å²) in [5.74, 6) is 0. The minimum absolute atomic E-state index is 0.129. The van der Waals surface area contributed by atoms with E-state index in [1.807, 2.05) is 18.2 Å². The van der Waals surface area contributed by atoms with Crippen LogP contribution in [-0.2, 0) is 4.74 Å². The standard InChI is InChI=1S/C12H16N4O2S/c13-11(19)14-9-2-1-3-10(8-9)15-12(17)16-4-6-18-7-5-16/h1-3,8H,4-7H2,(H,15,17)(H3,13,14,19). The second-order valence-corrected chi connectivity index (χ2v) is 4.54. The van der Waals surface area contributed by atoms with Gasteiger partial charge >= 0.3 is 6.03 Å². The van der Waals surface area contributed by atoms with Crippen LogP contribution in [-0.4, -0.2) is 42.3 Å². The minimum atomic E-state index is -0.129. The highest BCUT2D eigenvalue weighted by Gasteiger charge is 2.16. The molecule has 0 aliphatic carbocycles. The summed E-state index contributed by atoms with van der Waals surface area (Å²) in [6, 6.07) is 7.09. The molecule has 1 heterocycles. The second-order valence-electron chi connectivity index (χ2n) is 4.10. The number of hydrogen-bond donors (Lipinski definition) is 3. The summed E-state index contributed by atoms with van der Waals surface area (Å²) < 4.78 is 5.20. The van der Waals surface area contributed by atoms with Gasteiger partial charge in [0.25, 0.3) is 0 Å². The third-order valence-corrected chi connectivity index (χ3v) is 2.78. The number of urea groups is 1. The van der Waals surface area contributed by atoms with Crippen molar-refractivity contribution in [2.24, 2.45) is 5.73 Å². The maximum absolute atomic E-state index is 12.0. The Bertz CT molecular complexity index is 475. The highest BCUT2D eigenvalue weighted by Crippen LogP contribution is 2.15. The molecule has 1 aromatic carbocycles. The molecular formula is C12H16N4O2S. The summed E-state index contributed by atoms with van der Waals surface area (Å²) >= 11 is 4.77. The van der Waals surface area contributed by atoms with Crippen molar-refractivity contribution in [3.05, 3.63) is 24.3 Å². The van der Waals surface area contributed by atoms with E-state index in [0.717, 1.165) is 5.69 Å². The number of amides is 2. The molecule has 0 saturated carbocycles. The Morgan fingerprint density at radius 1 is 1.26 bits per heavy atom. The third-order valence-electron chi connectivity index (χ3n) is 2.68. The molecule has 0 aromatic heterocycles. The van der Waals surface area contributed by atoms with Crippen LogP contribution in [0.15, 0.2) is 24.3 Å². The fraction of sp³-hybridized carbons (Fsp3) is 0.333. The molecule has 102 valence electrons. The molecule has 1 aliphatic heterocycles. The van der Waals surface area contributed by atoms with Crippen molar-refractivity contribution >= 4 is 34.7 Å². The van der Waals surface area contributed by atoms with E-state index >= 15 is 0 Å². The molecule has 0 unspecified atom stereocenters. The highest BCUT2D eigenvalue weighted by atomic mass is 32.1. The maximum atomic E-state index is 12.0. The Kier molecular flexibility index (Phi) is 4.53. The van der Waals surface area contributed by atoms with Gasteiger partial charge in [-0.1, -0.05) is 6.07 Å². The molecule has 0 spiro atoms. The van der Waals surface area contributed by atoms with Crippen LogP contribution >= 0.6 is 12.2 Å². The van der Waals surface area contributed by atoms with Crippen molar-refractivity contribution in [1.82, 2.24) is 4.90 Å². The van der Waals surface area contributed by atoms with E-state index in [2.05, 4.69) is 10.6 Å². The Balaban J connectivity index is 1.97. The van der Waals surface area contributed by atoms with Crippen LogP contribution in [0.25, 0.3) is 0 Å². The van der Waals surface area contributed by atoms with Gasteiger partial charge in [-0.15, -0.1) is 0 Å². The lowest BCUT2D eigenvalue weighted by atomic mass is 10.3. The molecule has 0 radical (unpaired) electrons. The zero-order valence-corrected chi connectivity index (χ0v) is 11.2. The monoisotopic (exact) mass is 280 g/mol. The first kappa shape index (κ1) is 13.6. The van der Waals surface area contributed by atoms with Crippen LogP contribution in [0.2, 0.25) is 0 Å². The molecule has 2 rings (SSSR count). The van der Waals surface area contributed by atoms with Gasteiger partial charge in [0, 0.05) is 24.5 Å². The van der Waals surface area contributed by atoms with E-state index in [-0.39, 0.29) is 11.1 Å². The van der Waals surface area contributed by atoms with Crippen molar-refractivity contribution in [2.75, 3.05) is 36.9 Å². The zero-order chi connectivity index (χ0) is 13.7. The van der Waals surface area contributed by atoms with Gasteiger partial charge in [-0.05, 0) is 30.4 Å². The quantitative estimate of drug-likeness (QED) is 0.710. The largest absolute Gasteiger partial charge is 0.378 e. The predicted octanol–water partition coefficient (Wildman–Crippen LogP) is 1.21. The number of anilines is 2. The second kappa shape index (κ2) is 6.35. The number of thiocarbonyl (C=S) groups is 1. The summed E-state index contributed by atoms with van der Waals surface area (Å²) in [5.41, 5.74) is 6.84. The van der Waals surface area contributed by atoms with E-state index < -0.39 is 0 Å². The van der Waals surface area contributed by atoms with Crippen molar-refractivity contribution in [2.45, 2.75) is 0 Å².